The topological polar surface area (TPSA) is 67.4 Å². The highest BCUT2D eigenvalue weighted by Crippen LogP contribution is 2.49. The summed E-state index contributed by atoms with van der Waals surface area (Å²) in [6.07, 6.45) is 0.384. The number of benzene rings is 1. The molecule has 1 saturated carbocycles. The molecule has 0 saturated heterocycles. The van der Waals surface area contributed by atoms with Gasteiger partial charge in [-0.3, -0.25) is 9.59 Å². The summed E-state index contributed by atoms with van der Waals surface area (Å²) in [5.74, 6) is -2.93. The van der Waals surface area contributed by atoms with Gasteiger partial charge in [0.05, 0.1) is 13.2 Å². The van der Waals surface area contributed by atoms with Crippen LogP contribution in [0.5, 0.6) is 0 Å². The standard InChI is InChI=1S/C15H18F2N2O3/c1-22-6-5-18-13(20)8-19-15(21)10-7-9(10)14-11(16)3-2-4-12(14)17/h2-4,9-10H,5-8H2,1H3,(H,18,20)(H,19,21)/t9-,10+/m1/s1. The highest BCUT2D eigenvalue weighted by atomic mass is 19.1. The van der Waals surface area contributed by atoms with Crippen LogP contribution in [0.2, 0.25) is 0 Å². The molecule has 0 bridgehead atoms. The van der Waals surface area contributed by atoms with Crippen molar-refractivity contribution in [3.05, 3.63) is 35.4 Å². The van der Waals surface area contributed by atoms with Crippen molar-refractivity contribution in [2.24, 2.45) is 5.92 Å². The van der Waals surface area contributed by atoms with Crippen molar-refractivity contribution in [3.63, 3.8) is 0 Å². The molecule has 0 radical (unpaired) electrons. The molecule has 0 aliphatic heterocycles. The minimum atomic E-state index is -0.641. The van der Waals surface area contributed by atoms with E-state index < -0.39 is 23.5 Å². The van der Waals surface area contributed by atoms with Gasteiger partial charge in [-0.15, -0.1) is 0 Å². The van der Waals surface area contributed by atoms with Crippen LogP contribution in [0.25, 0.3) is 0 Å². The molecule has 120 valence electrons. The first-order chi connectivity index (χ1) is 10.5. The van der Waals surface area contributed by atoms with Crippen LogP contribution >= 0.6 is 0 Å². The smallest absolute Gasteiger partial charge is 0.239 e. The van der Waals surface area contributed by atoms with Crippen molar-refractivity contribution >= 4 is 11.8 Å². The first kappa shape index (κ1) is 16.4. The van der Waals surface area contributed by atoms with Gasteiger partial charge >= 0.3 is 0 Å². The fourth-order valence-electron chi connectivity index (χ4n) is 2.32. The third-order valence-corrected chi connectivity index (χ3v) is 3.55. The predicted molar refractivity (Wildman–Crippen MR) is 75.1 cm³/mol. The van der Waals surface area contributed by atoms with Gasteiger partial charge in [-0.2, -0.15) is 0 Å². The second-order valence-corrected chi connectivity index (χ2v) is 5.14. The van der Waals surface area contributed by atoms with Crippen molar-refractivity contribution in [2.45, 2.75) is 12.3 Å². The number of carbonyl (C=O) groups is 2. The minimum absolute atomic E-state index is 0.0489. The van der Waals surface area contributed by atoms with E-state index in [1.165, 1.54) is 25.3 Å². The van der Waals surface area contributed by atoms with Crippen LogP contribution in [-0.2, 0) is 14.3 Å². The molecule has 0 unspecified atom stereocenters. The Morgan fingerprint density at radius 1 is 1.27 bits per heavy atom. The van der Waals surface area contributed by atoms with Gasteiger partial charge in [0.1, 0.15) is 11.6 Å². The van der Waals surface area contributed by atoms with Crippen molar-refractivity contribution in [1.82, 2.24) is 10.6 Å². The Bertz CT molecular complexity index is 545. The van der Waals surface area contributed by atoms with Crippen LogP contribution < -0.4 is 10.6 Å². The van der Waals surface area contributed by atoms with Gasteiger partial charge in [0.15, 0.2) is 0 Å². The van der Waals surface area contributed by atoms with E-state index >= 15 is 0 Å². The summed E-state index contributed by atoms with van der Waals surface area (Å²) >= 11 is 0. The Hall–Kier alpha value is -2.02. The van der Waals surface area contributed by atoms with Crippen LogP contribution in [-0.4, -0.2) is 38.6 Å². The zero-order valence-corrected chi connectivity index (χ0v) is 12.2. The number of halogens is 2. The summed E-state index contributed by atoms with van der Waals surface area (Å²) in [5.41, 5.74) is -0.0489. The van der Waals surface area contributed by atoms with E-state index in [2.05, 4.69) is 10.6 Å². The number of nitrogens with one attached hydrogen (secondary N) is 2. The lowest BCUT2D eigenvalue weighted by Gasteiger charge is -2.07. The van der Waals surface area contributed by atoms with Gasteiger partial charge in [0, 0.05) is 31.1 Å². The van der Waals surface area contributed by atoms with Crippen LogP contribution in [0.3, 0.4) is 0 Å². The largest absolute Gasteiger partial charge is 0.383 e. The summed E-state index contributed by atoms with van der Waals surface area (Å²) in [6.45, 7) is 0.583. The molecule has 1 aliphatic rings. The molecule has 1 aromatic rings. The number of hydrogen-bond donors (Lipinski definition) is 2. The second-order valence-electron chi connectivity index (χ2n) is 5.14. The van der Waals surface area contributed by atoms with Crippen LogP contribution in [0.15, 0.2) is 18.2 Å². The maximum atomic E-state index is 13.6. The summed E-state index contributed by atoms with van der Waals surface area (Å²) < 4.78 is 32.0. The SMILES string of the molecule is COCCNC(=O)CNC(=O)[C@H]1C[C@H]1c1c(F)cccc1F. The number of ether oxygens (including phenoxy) is 1. The first-order valence-corrected chi connectivity index (χ1v) is 7.01. The number of carbonyl (C=O) groups excluding carboxylic acids is 2. The Kier molecular flexibility index (Phi) is 5.43. The number of hydrogen-bond acceptors (Lipinski definition) is 3. The molecule has 0 aromatic heterocycles. The van der Waals surface area contributed by atoms with Gasteiger partial charge < -0.3 is 15.4 Å². The van der Waals surface area contributed by atoms with E-state index in [-0.39, 0.29) is 23.9 Å². The highest BCUT2D eigenvalue weighted by Gasteiger charge is 2.46. The summed E-state index contributed by atoms with van der Waals surface area (Å²) in [5, 5.41) is 5.03. The lowest BCUT2D eigenvalue weighted by atomic mass is 10.1. The van der Waals surface area contributed by atoms with E-state index in [4.69, 9.17) is 4.74 Å². The Morgan fingerprint density at radius 2 is 1.95 bits per heavy atom. The molecule has 2 atom stereocenters. The summed E-state index contributed by atoms with van der Waals surface area (Å²) in [4.78, 5) is 23.3. The van der Waals surface area contributed by atoms with Gasteiger partial charge in [-0.1, -0.05) is 6.07 Å². The zero-order chi connectivity index (χ0) is 16.1. The van der Waals surface area contributed by atoms with Gasteiger partial charge in [0.2, 0.25) is 11.8 Å². The summed E-state index contributed by atoms with van der Waals surface area (Å²) in [6, 6.07) is 3.64. The molecular formula is C15H18F2N2O3. The number of rotatable bonds is 7. The lowest BCUT2D eigenvalue weighted by molar-refractivity contribution is -0.126. The first-order valence-electron chi connectivity index (χ1n) is 7.01. The fraction of sp³-hybridized carbons (Fsp3) is 0.467. The molecular weight excluding hydrogens is 294 g/mol. The molecule has 7 heteroatoms. The van der Waals surface area contributed by atoms with Gasteiger partial charge in [-0.05, 0) is 18.6 Å². The molecule has 1 aliphatic carbocycles. The molecule has 0 heterocycles. The molecule has 2 amide bonds. The zero-order valence-electron chi connectivity index (χ0n) is 12.2. The van der Waals surface area contributed by atoms with E-state index in [0.717, 1.165) is 0 Å². The number of methoxy groups -OCH3 is 1. The lowest BCUT2D eigenvalue weighted by Crippen LogP contribution is -2.38. The van der Waals surface area contributed by atoms with E-state index in [9.17, 15) is 18.4 Å². The Morgan fingerprint density at radius 3 is 2.59 bits per heavy atom. The van der Waals surface area contributed by atoms with E-state index in [1.54, 1.807) is 0 Å². The highest BCUT2D eigenvalue weighted by molar-refractivity contribution is 5.87. The maximum Gasteiger partial charge on any atom is 0.239 e. The molecule has 1 aromatic carbocycles. The number of amides is 2. The predicted octanol–water partition coefficient (Wildman–Crippen LogP) is 0.947. The van der Waals surface area contributed by atoms with Crippen molar-refractivity contribution < 1.29 is 23.1 Å². The Labute approximate surface area is 127 Å². The maximum absolute atomic E-state index is 13.6. The van der Waals surface area contributed by atoms with Crippen molar-refractivity contribution in [3.8, 4) is 0 Å². The van der Waals surface area contributed by atoms with Crippen LogP contribution in [0, 0.1) is 17.6 Å². The van der Waals surface area contributed by atoms with Crippen LogP contribution in [0.4, 0.5) is 8.78 Å². The average Bonchev–Trinajstić information content (AvgIpc) is 3.25. The van der Waals surface area contributed by atoms with E-state index in [0.29, 0.717) is 19.6 Å². The molecule has 5 nitrogen and oxygen atoms in total. The fourth-order valence-corrected chi connectivity index (χ4v) is 2.32. The van der Waals surface area contributed by atoms with Gasteiger partial charge in [-0.25, -0.2) is 8.78 Å². The molecule has 0 spiro atoms. The Balaban J connectivity index is 1.80. The van der Waals surface area contributed by atoms with E-state index in [1.807, 2.05) is 0 Å². The third-order valence-electron chi connectivity index (χ3n) is 3.55. The normalized spacial score (nSPS) is 19.6. The third kappa shape index (κ3) is 4.00. The monoisotopic (exact) mass is 312 g/mol. The second kappa shape index (κ2) is 7.31. The van der Waals surface area contributed by atoms with Crippen molar-refractivity contribution in [2.75, 3.05) is 26.8 Å². The molecule has 2 N–H and O–H groups in total. The molecule has 22 heavy (non-hydrogen) atoms. The molecule has 2 rings (SSSR count). The minimum Gasteiger partial charge on any atom is -0.383 e. The van der Waals surface area contributed by atoms with Gasteiger partial charge in [0.25, 0.3) is 0 Å². The van der Waals surface area contributed by atoms with Crippen molar-refractivity contribution in [1.29, 1.82) is 0 Å². The van der Waals surface area contributed by atoms with Crippen LogP contribution in [0.1, 0.15) is 17.9 Å². The average molecular weight is 312 g/mol. The molecule has 1 fully saturated rings. The quantitative estimate of drug-likeness (QED) is 0.737. The summed E-state index contributed by atoms with van der Waals surface area (Å²) in [7, 11) is 1.52.